The molecule has 1 aromatic carbocycles. The van der Waals surface area contributed by atoms with Crippen molar-refractivity contribution >= 4 is 29.1 Å². The van der Waals surface area contributed by atoms with Crippen LogP contribution in [0.4, 0.5) is 4.39 Å². The normalized spacial score (nSPS) is 12.6. The number of thioether (sulfide) groups is 1. The number of carboxylic acids is 1. The largest absolute Gasteiger partial charge is 0.480 e. The molecule has 2 N–H and O–H groups in total. The lowest BCUT2D eigenvalue weighted by Gasteiger charge is -2.16. The van der Waals surface area contributed by atoms with Crippen molar-refractivity contribution in [2.24, 2.45) is 0 Å². The molecule has 3 aromatic rings. The van der Waals surface area contributed by atoms with E-state index in [-0.39, 0.29) is 12.4 Å². The lowest BCUT2D eigenvalue weighted by Crippen LogP contribution is -2.26. The van der Waals surface area contributed by atoms with Gasteiger partial charge in [-0.3, -0.25) is 4.79 Å². The number of nitrogens with zero attached hydrogens (tertiary/aromatic N) is 2. The number of aliphatic hydroxyl groups excluding tert-OH is 1. The van der Waals surface area contributed by atoms with E-state index in [0.717, 1.165) is 22.9 Å². The van der Waals surface area contributed by atoms with Gasteiger partial charge < -0.3 is 14.9 Å². The van der Waals surface area contributed by atoms with Gasteiger partial charge in [-0.05, 0) is 37.6 Å². The number of thiazole rings is 1. The molecule has 0 radical (unpaired) electrons. The minimum absolute atomic E-state index is 0.0426. The first-order valence-corrected chi connectivity index (χ1v) is 10.3. The van der Waals surface area contributed by atoms with Crippen LogP contribution in [0.2, 0.25) is 0 Å². The third kappa shape index (κ3) is 5.53. The number of benzene rings is 1. The minimum Gasteiger partial charge on any atom is -0.480 e. The monoisotopic (exact) mass is 434 g/mol. The molecule has 1 unspecified atom stereocenters. The van der Waals surface area contributed by atoms with E-state index < -0.39 is 16.8 Å². The molecule has 2 aromatic heterocycles. The van der Waals surface area contributed by atoms with Crippen molar-refractivity contribution in [1.82, 2.24) is 9.97 Å². The summed E-state index contributed by atoms with van der Waals surface area (Å²) in [5, 5.41) is 21.2. The van der Waals surface area contributed by atoms with Crippen LogP contribution in [0.15, 0.2) is 52.3 Å². The zero-order chi connectivity index (χ0) is 21.0. The highest BCUT2D eigenvalue weighted by Crippen LogP contribution is 2.35. The smallest absolute Gasteiger partial charge is 0.319 e. The number of pyridine rings is 1. The van der Waals surface area contributed by atoms with Crippen molar-refractivity contribution in [1.29, 1.82) is 0 Å². The van der Waals surface area contributed by atoms with E-state index in [4.69, 9.17) is 4.74 Å². The lowest BCUT2D eigenvalue weighted by atomic mass is 10.1. The number of halogens is 1. The maximum atomic E-state index is 13.0. The topological polar surface area (TPSA) is 92.5 Å². The third-order valence-electron chi connectivity index (χ3n) is 4.00. The number of ether oxygens (including phenoxy) is 1. The van der Waals surface area contributed by atoms with Crippen molar-refractivity contribution < 1.29 is 24.1 Å². The molecule has 0 saturated carbocycles. The zero-order valence-corrected chi connectivity index (χ0v) is 17.3. The maximum Gasteiger partial charge on any atom is 0.319 e. The van der Waals surface area contributed by atoms with Crippen molar-refractivity contribution in [3.8, 4) is 17.0 Å². The number of rotatable bonds is 8. The Morgan fingerprint density at radius 1 is 1.24 bits per heavy atom. The van der Waals surface area contributed by atoms with Crippen LogP contribution in [0.5, 0.6) is 5.88 Å². The molecule has 2 heterocycles. The number of aliphatic carboxylic acids is 1. The molecule has 0 amide bonds. The fourth-order valence-corrected chi connectivity index (χ4v) is 4.49. The molecule has 0 fully saturated rings. The second-order valence-corrected chi connectivity index (χ2v) is 9.40. The Hall–Kier alpha value is -2.49. The first-order chi connectivity index (χ1) is 13.7. The molecule has 152 valence electrons. The van der Waals surface area contributed by atoms with Gasteiger partial charge in [-0.1, -0.05) is 23.9 Å². The Bertz CT molecular complexity index is 975. The average molecular weight is 435 g/mol. The van der Waals surface area contributed by atoms with E-state index in [0.29, 0.717) is 15.9 Å². The molecule has 0 spiro atoms. The van der Waals surface area contributed by atoms with Gasteiger partial charge in [0.25, 0.3) is 0 Å². The van der Waals surface area contributed by atoms with E-state index in [1.54, 1.807) is 49.7 Å². The molecule has 6 nitrogen and oxygen atoms in total. The summed E-state index contributed by atoms with van der Waals surface area (Å²) < 4.78 is 18.1. The standard InChI is InChI=1S/C20H19FN2O4S2/c1-20(2,18(25)26)29-19-23-15(11-28-19)16(24)10-27-17-8-5-13(9-22-17)12-3-6-14(21)7-4-12/h3-9,11,16,24H,10H2,1-2H3,(H,25,26). The number of aliphatic hydroxyl groups is 1. The Morgan fingerprint density at radius 3 is 2.55 bits per heavy atom. The second-order valence-electron chi connectivity index (χ2n) is 6.67. The van der Waals surface area contributed by atoms with Gasteiger partial charge in [-0.25, -0.2) is 14.4 Å². The average Bonchev–Trinajstić information content (AvgIpc) is 3.15. The number of hydrogen-bond donors (Lipinski definition) is 2. The molecule has 29 heavy (non-hydrogen) atoms. The summed E-state index contributed by atoms with van der Waals surface area (Å²) in [6.07, 6.45) is 0.646. The van der Waals surface area contributed by atoms with Gasteiger partial charge in [0.05, 0.1) is 5.69 Å². The summed E-state index contributed by atoms with van der Waals surface area (Å²) >= 11 is 2.40. The molecular weight excluding hydrogens is 415 g/mol. The van der Waals surface area contributed by atoms with Crippen LogP contribution in [-0.4, -0.2) is 37.5 Å². The molecule has 0 aliphatic heterocycles. The SMILES string of the molecule is CC(C)(Sc1nc(C(O)COc2ccc(-c3ccc(F)cc3)cn2)cs1)C(=O)O. The van der Waals surface area contributed by atoms with Gasteiger partial charge in [0.15, 0.2) is 4.34 Å². The number of carboxylic acid groups (broad SMARTS) is 1. The highest BCUT2D eigenvalue weighted by Gasteiger charge is 2.30. The van der Waals surface area contributed by atoms with Crippen LogP contribution >= 0.6 is 23.1 Å². The predicted octanol–water partition coefficient (Wildman–Crippen LogP) is 4.41. The van der Waals surface area contributed by atoms with Crippen LogP contribution in [0, 0.1) is 5.82 Å². The fourth-order valence-electron chi connectivity index (χ4n) is 2.26. The van der Waals surface area contributed by atoms with E-state index in [9.17, 15) is 19.4 Å². The Balaban J connectivity index is 1.57. The third-order valence-corrected chi connectivity index (χ3v) is 6.14. The quantitative estimate of drug-likeness (QED) is 0.507. The summed E-state index contributed by atoms with van der Waals surface area (Å²) in [4.78, 5) is 19.7. The van der Waals surface area contributed by atoms with Gasteiger partial charge in [0, 0.05) is 23.2 Å². The van der Waals surface area contributed by atoms with Gasteiger partial charge in [0.1, 0.15) is 23.3 Å². The summed E-state index contributed by atoms with van der Waals surface area (Å²) in [6.45, 7) is 3.16. The van der Waals surface area contributed by atoms with Crippen molar-refractivity contribution in [2.45, 2.75) is 29.0 Å². The summed E-state index contributed by atoms with van der Waals surface area (Å²) in [5.74, 6) is -0.893. The highest BCUT2D eigenvalue weighted by atomic mass is 32.2. The van der Waals surface area contributed by atoms with E-state index in [2.05, 4.69) is 9.97 Å². The molecule has 9 heteroatoms. The summed E-state index contributed by atoms with van der Waals surface area (Å²) in [6, 6.07) is 9.57. The van der Waals surface area contributed by atoms with Crippen LogP contribution in [-0.2, 0) is 4.79 Å². The van der Waals surface area contributed by atoms with Crippen molar-refractivity contribution in [3.63, 3.8) is 0 Å². The summed E-state index contributed by atoms with van der Waals surface area (Å²) in [5.41, 5.74) is 2.07. The van der Waals surface area contributed by atoms with Gasteiger partial charge in [-0.2, -0.15) is 0 Å². The Labute approximate surface area is 175 Å². The molecule has 0 aliphatic carbocycles. The van der Waals surface area contributed by atoms with E-state index >= 15 is 0 Å². The predicted molar refractivity (Wildman–Crippen MR) is 110 cm³/mol. The molecule has 1 atom stereocenters. The first kappa shape index (κ1) is 21.2. The van der Waals surface area contributed by atoms with E-state index in [1.807, 2.05) is 0 Å². The fraction of sp³-hybridized carbons (Fsp3) is 0.250. The molecule has 0 bridgehead atoms. The number of aromatic nitrogens is 2. The molecule has 0 aliphatic rings. The van der Waals surface area contributed by atoms with Crippen LogP contribution in [0.3, 0.4) is 0 Å². The second kappa shape index (κ2) is 8.89. The van der Waals surface area contributed by atoms with Crippen LogP contribution in [0.25, 0.3) is 11.1 Å². The number of hydrogen-bond acceptors (Lipinski definition) is 7. The molecule has 3 rings (SSSR count). The van der Waals surface area contributed by atoms with Crippen LogP contribution < -0.4 is 4.74 Å². The highest BCUT2D eigenvalue weighted by molar-refractivity contribution is 8.02. The molecule has 0 saturated heterocycles. The molecular formula is C20H19FN2O4S2. The lowest BCUT2D eigenvalue weighted by molar-refractivity contribution is -0.138. The first-order valence-electron chi connectivity index (χ1n) is 8.65. The van der Waals surface area contributed by atoms with Crippen molar-refractivity contribution in [2.75, 3.05) is 6.61 Å². The zero-order valence-electron chi connectivity index (χ0n) is 15.7. The van der Waals surface area contributed by atoms with Crippen LogP contribution in [0.1, 0.15) is 25.6 Å². The minimum atomic E-state index is -1.01. The summed E-state index contributed by atoms with van der Waals surface area (Å²) in [7, 11) is 0. The Morgan fingerprint density at radius 2 is 1.93 bits per heavy atom. The van der Waals surface area contributed by atoms with Crippen molar-refractivity contribution in [3.05, 3.63) is 59.5 Å². The van der Waals surface area contributed by atoms with Gasteiger partial charge >= 0.3 is 5.97 Å². The van der Waals surface area contributed by atoms with Gasteiger partial charge in [-0.15, -0.1) is 11.3 Å². The maximum absolute atomic E-state index is 13.0. The number of carbonyl (C=O) groups is 1. The van der Waals surface area contributed by atoms with E-state index in [1.165, 1.54) is 23.5 Å². The Kier molecular flexibility index (Phi) is 6.51. The van der Waals surface area contributed by atoms with Gasteiger partial charge in [0.2, 0.25) is 5.88 Å².